The summed E-state index contributed by atoms with van der Waals surface area (Å²) in [6.07, 6.45) is 5.54. The molecule has 2 aromatic rings. The number of anilines is 1. The molecule has 116 valence electrons. The molecule has 0 atom stereocenters. The molecule has 0 unspecified atom stereocenters. The van der Waals surface area contributed by atoms with Gasteiger partial charge >= 0.3 is 0 Å². The van der Waals surface area contributed by atoms with Gasteiger partial charge in [-0.2, -0.15) is 0 Å². The second kappa shape index (κ2) is 6.05. The molecule has 1 aliphatic rings. The van der Waals surface area contributed by atoms with Gasteiger partial charge in [-0.15, -0.1) is 0 Å². The van der Waals surface area contributed by atoms with Crippen LogP contribution in [0.25, 0.3) is 0 Å². The fourth-order valence-electron chi connectivity index (χ4n) is 3.19. The first kappa shape index (κ1) is 15.0. The van der Waals surface area contributed by atoms with Crippen molar-refractivity contribution in [3.63, 3.8) is 0 Å². The summed E-state index contributed by atoms with van der Waals surface area (Å²) < 4.78 is 13.3. The van der Waals surface area contributed by atoms with Crippen LogP contribution < -0.4 is 4.90 Å². The number of hydrogen-bond acceptors (Lipinski definition) is 3. The molecule has 4 heteroatoms. The Hall–Kier alpha value is -1.94. The maximum Gasteiger partial charge on any atom is 0.123 e. The quantitative estimate of drug-likeness (QED) is 0.946. The van der Waals surface area contributed by atoms with Crippen molar-refractivity contribution in [2.45, 2.75) is 31.8 Å². The van der Waals surface area contributed by atoms with Crippen molar-refractivity contribution in [1.82, 2.24) is 4.98 Å². The molecule has 0 spiro atoms. The number of aryl methyl sites for hydroxylation is 1. The van der Waals surface area contributed by atoms with Crippen LogP contribution in [0.5, 0.6) is 0 Å². The number of hydrogen-bond donors (Lipinski definition) is 1. The van der Waals surface area contributed by atoms with Crippen molar-refractivity contribution in [3.05, 3.63) is 59.7 Å². The van der Waals surface area contributed by atoms with Gasteiger partial charge in [0.15, 0.2) is 0 Å². The summed E-state index contributed by atoms with van der Waals surface area (Å²) in [5.41, 5.74) is 2.45. The third kappa shape index (κ3) is 3.28. The number of aliphatic hydroxyl groups is 1. The third-order valence-electron chi connectivity index (χ3n) is 4.45. The van der Waals surface area contributed by atoms with Crippen molar-refractivity contribution >= 4 is 5.69 Å². The summed E-state index contributed by atoms with van der Waals surface area (Å²) >= 11 is 0. The zero-order chi connectivity index (χ0) is 15.6. The molecule has 1 aromatic heterocycles. The second-order valence-corrected chi connectivity index (χ2v) is 6.18. The lowest BCUT2D eigenvalue weighted by atomic mass is 9.85. The van der Waals surface area contributed by atoms with Gasteiger partial charge in [-0.05, 0) is 49.1 Å². The lowest BCUT2D eigenvalue weighted by Crippen LogP contribution is -2.46. The van der Waals surface area contributed by atoms with E-state index >= 15 is 0 Å². The third-order valence-corrected chi connectivity index (χ3v) is 4.45. The smallest absolute Gasteiger partial charge is 0.123 e. The van der Waals surface area contributed by atoms with Gasteiger partial charge in [-0.1, -0.05) is 12.1 Å². The number of piperidine rings is 1. The second-order valence-electron chi connectivity index (χ2n) is 6.18. The molecule has 1 saturated heterocycles. The summed E-state index contributed by atoms with van der Waals surface area (Å²) in [5.74, 6) is -0.244. The van der Waals surface area contributed by atoms with Gasteiger partial charge in [0.1, 0.15) is 5.82 Å². The van der Waals surface area contributed by atoms with Crippen LogP contribution in [0.3, 0.4) is 0 Å². The Morgan fingerprint density at radius 1 is 1.27 bits per heavy atom. The molecule has 0 amide bonds. The predicted octanol–water partition coefficient (Wildman–Crippen LogP) is 3.10. The maximum absolute atomic E-state index is 13.3. The molecule has 3 rings (SSSR count). The van der Waals surface area contributed by atoms with Crippen LogP contribution in [0.4, 0.5) is 10.1 Å². The average Bonchev–Trinajstić information content (AvgIpc) is 2.49. The van der Waals surface area contributed by atoms with Crippen LogP contribution in [-0.4, -0.2) is 28.8 Å². The monoisotopic (exact) mass is 300 g/mol. The lowest BCUT2D eigenvalue weighted by molar-refractivity contribution is 0.0165. The molecule has 0 radical (unpaired) electrons. The van der Waals surface area contributed by atoms with Crippen LogP contribution >= 0.6 is 0 Å². The first-order chi connectivity index (χ1) is 10.6. The first-order valence-electron chi connectivity index (χ1n) is 7.68. The van der Waals surface area contributed by atoms with E-state index in [9.17, 15) is 9.50 Å². The van der Waals surface area contributed by atoms with Gasteiger partial charge < -0.3 is 10.0 Å². The Morgan fingerprint density at radius 2 is 2.05 bits per heavy atom. The van der Waals surface area contributed by atoms with E-state index in [2.05, 4.69) is 16.8 Å². The summed E-state index contributed by atoms with van der Waals surface area (Å²) in [6, 6.07) is 8.54. The normalized spacial score (nSPS) is 17.5. The van der Waals surface area contributed by atoms with Crippen LogP contribution in [0, 0.1) is 12.7 Å². The number of benzene rings is 1. The highest BCUT2D eigenvalue weighted by atomic mass is 19.1. The Balaban J connectivity index is 1.67. The molecule has 22 heavy (non-hydrogen) atoms. The zero-order valence-electron chi connectivity index (χ0n) is 12.8. The van der Waals surface area contributed by atoms with E-state index in [1.54, 1.807) is 12.3 Å². The molecule has 0 saturated carbocycles. The van der Waals surface area contributed by atoms with Crippen molar-refractivity contribution in [3.8, 4) is 0 Å². The van der Waals surface area contributed by atoms with E-state index in [-0.39, 0.29) is 5.82 Å². The van der Waals surface area contributed by atoms with Gasteiger partial charge in [0.25, 0.3) is 0 Å². The number of aromatic nitrogens is 1. The van der Waals surface area contributed by atoms with Gasteiger partial charge in [-0.25, -0.2) is 4.39 Å². The summed E-state index contributed by atoms with van der Waals surface area (Å²) in [6.45, 7) is 3.66. The van der Waals surface area contributed by atoms with E-state index in [1.807, 2.05) is 18.3 Å². The van der Waals surface area contributed by atoms with Gasteiger partial charge in [0.05, 0.1) is 5.60 Å². The predicted molar refractivity (Wildman–Crippen MR) is 85.5 cm³/mol. The van der Waals surface area contributed by atoms with Crippen molar-refractivity contribution in [1.29, 1.82) is 0 Å². The fraction of sp³-hybridized carbons (Fsp3) is 0.389. The van der Waals surface area contributed by atoms with Crippen LogP contribution in [0.15, 0.2) is 42.7 Å². The van der Waals surface area contributed by atoms with E-state index in [4.69, 9.17) is 0 Å². The Morgan fingerprint density at radius 3 is 2.73 bits per heavy atom. The SMILES string of the molecule is Cc1cnccc1N1CCC(O)(Cc2cccc(F)c2)CC1. The van der Waals surface area contributed by atoms with Crippen LogP contribution in [0.2, 0.25) is 0 Å². The molecule has 1 N–H and O–H groups in total. The van der Waals surface area contributed by atoms with Gasteiger partial charge in [-0.3, -0.25) is 4.98 Å². The lowest BCUT2D eigenvalue weighted by Gasteiger charge is -2.40. The van der Waals surface area contributed by atoms with Gasteiger partial charge in [0.2, 0.25) is 0 Å². The standard InChI is InChI=1S/C18H21FN2O/c1-14-13-20-8-5-17(14)21-9-6-18(22,7-10-21)12-15-3-2-4-16(19)11-15/h2-5,8,11,13,22H,6-7,9-10,12H2,1H3. The molecule has 0 bridgehead atoms. The minimum Gasteiger partial charge on any atom is -0.389 e. The Labute approximate surface area is 130 Å². The molecular formula is C18H21FN2O. The average molecular weight is 300 g/mol. The van der Waals surface area contributed by atoms with Gasteiger partial charge in [0, 0.05) is 37.6 Å². The maximum atomic E-state index is 13.3. The highest BCUT2D eigenvalue weighted by Gasteiger charge is 2.32. The van der Waals surface area contributed by atoms with Crippen LogP contribution in [-0.2, 0) is 6.42 Å². The Bertz CT molecular complexity index is 651. The number of halogens is 1. The fourth-order valence-corrected chi connectivity index (χ4v) is 3.19. The highest BCUT2D eigenvalue weighted by Crippen LogP contribution is 2.30. The van der Waals surface area contributed by atoms with Crippen LogP contribution in [0.1, 0.15) is 24.0 Å². The summed E-state index contributed by atoms with van der Waals surface area (Å²) in [5, 5.41) is 10.8. The summed E-state index contributed by atoms with van der Waals surface area (Å²) in [7, 11) is 0. The van der Waals surface area contributed by atoms with E-state index in [0.717, 1.165) is 24.2 Å². The minimum absolute atomic E-state index is 0.244. The first-order valence-corrected chi connectivity index (χ1v) is 7.68. The molecular weight excluding hydrogens is 279 g/mol. The zero-order valence-corrected chi connectivity index (χ0v) is 12.8. The Kier molecular flexibility index (Phi) is 4.12. The summed E-state index contributed by atoms with van der Waals surface area (Å²) in [4.78, 5) is 6.41. The number of rotatable bonds is 3. The molecule has 1 fully saturated rings. The van der Waals surface area contributed by atoms with Crippen molar-refractivity contribution in [2.24, 2.45) is 0 Å². The number of pyridine rings is 1. The minimum atomic E-state index is -0.745. The van der Waals surface area contributed by atoms with E-state index in [1.165, 1.54) is 17.8 Å². The topological polar surface area (TPSA) is 36.4 Å². The largest absolute Gasteiger partial charge is 0.389 e. The molecule has 3 nitrogen and oxygen atoms in total. The molecule has 1 aliphatic heterocycles. The molecule has 1 aromatic carbocycles. The number of nitrogens with zero attached hydrogens (tertiary/aromatic N) is 2. The van der Waals surface area contributed by atoms with E-state index in [0.29, 0.717) is 19.3 Å². The highest BCUT2D eigenvalue weighted by molar-refractivity contribution is 5.52. The van der Waals surface area contributed by atoms with Crippen molar-refractivity contribution in [2.75, 3.05) is 18.0 Å². The van der Waals surface area contributed by atoms with Crippen molar-refractivity contribution < 1.29 is 9.50 Å². The molecule has 2 heterocycles. The molecule has 0 aliphatic carbocycles. The van der Waals surface area contributed by atoms with E-state index < -0.39 is 5.60 Å².